The van der Waals surface area contributed by atoms with Gasteiger partial charge in [-0.2, -0.15) is 0 Å². The molecule has 6 heteroatoms. The molecule has 0 spiro atoms. The molecule has 126 valence electrons. The summed E-state index contributed by atoms with van der Waals surface area (Å²) >= 11 is 0. The number of carbonyl (C=O) groups is 3. The van der Waals surface area contributed by atoms with E-state index in [1.54, 1.807) is 39.0 Å². The molecule has 24 heavy (non-hydrogen) atoms. The average Bonchev–Trinajstić information content (AvgIpc) is 2.44. The first kappa shape index (κ1) is 18.9. The van der Waals surface area contributed by atoms with E-state index in [4.69, 9.17) is 15.3 Å². The number of benzene rings is 1. The van der Waals surface area contributed by atoms with Gasteiger partial charge < -0.3 is 15.3 Å². The Morgan fingerprint density at radius 2 is 0.833 bits per heavy atom. The van der Waals surface area contributed by atoms with E-state index in [-0.39, 0.29) is 0 Å². The molecule has 0 unspecified atom stereocenters. The van der Waals surface area contributed by atoms with Gasteiger partial charge in [-0.15, -0.1) is 0 Å². The molecule has 6 nitrogen and oxygen atoms in total. The van der Waals surface area contributed by atoms with Crippen LogP contribution in [0.5, 0.6) is 0 Å². The number of carboxylic acids is 3. The Kier molecular flexibility index (Phi) is 6.23. The summed E-state index contributed by atoms with van der Waals surface area (Å²) in [5.41, 5.74) is 3.12. The lowest BCUT2D eigenvalue weighted by Gasteiger charge is -2.11. The average molecular weight is 330 g/mol. The molecule has 3 N–H and O–H groups in total. The molecule has 0 aliphatic carbocycles. The number of allylic oxidation sites excluding steroid dienone is 3. The summed E-state index contributed by atoms with van der Waals surface area (Å²) in [5, 5.41) is 26.7. The van der Waals surface area contributed by atoms with Crippen molar-refractivity contribution < 1.29 is 29.7 Å². The van der Waals surface area contributed by atoms with Gasteiger partial charge in [0.15, 0.2) is 0 Å². The molecule has 0 bridgehead atoms. The first-order valence-corrected chi connectivity index (χ1v) is 7.00. The number of carboxylic acid groups (broad SMARTS) is 3. The molecule has 1 rings (SSSR count). The van der Waals surface area contributed by atoms with Crippen LogP contribution >= 0.6 is 0 Å². The summed E-state index contributed by atoms with van der Waals surface area (Å²) in [6, 6.07) is 5.00. The Morgan fingerprint density at radius 3 is 1.00 bits per heavy atom. The van der Waals surface area contributed by atoms with Crippen LogP contribution in [-0.4, -0.2) is 33.2 Å². The maximum Gasteiger partial charge on any atom is 0.328 e. The second-order valence-electron chi connectivity index (χ2n) is 5.30. The predicted octanol–water partition coefficient (Wildman–Crippen LogP) is 3.15. The molecular weight excluding hydrogens is 312 g/mol. The monoisotopic (exact) mass is 330 g/mol. The summed E-state index contributed by atoms with van der Waals surface area (Å²) < 4.78 is 0. The molecule has 1 aromatic carbocycles. The van der Waals surface area contributed by atoms with E-state index in [1.807, 2.05) is 0 Å². The quantitative estimate of drug-likeness (QED) is 0.691. The first-order chi connectivity index (χ1) is 11.1. The minimum absolute atomic E-state index is 0.469. The van der Waals surface area contributed by atoms with Crippen LogP contribution in [0.15, 0.2) is 36.4 Å². The van der Waals surface area contributed by atoms with Gasteiger partial charge in [-0.25, -0.2) is 14.4 Å². The zero-order valence-electron chi connectivity index (χ0n) is 13.5. The highest BCUT2D eigenvalue weighted by atomic mass is 16.4. The summed E-state index contributed by atoms with van der Waals surface area (Å²) in [7, 11) is 0. The Hall–Kier alpha value is -3.15. The molecule has 1 aromatic rings. The molecule has 0 saturated carbocycles. The Bertz CT molecular complexity index is 664. The summed E-state index contributed by atoms with van der Waals surface area (Å²) in [6.45, 7) is 4.84. The molecule has 0 fully saturated rings. The Morgan fingerprint density at radius 1 is 0.625 bits per heavy atom. The van der Waals surface area contributed by atoms with Crippen molar-refractivity contribution in [1.82, 2.24) is 0 Å². The zero-order chi connectivity index (χ0) is 18.4. The van der Waals surface area contributed by atoms with Crippen LogP contribution in [0.25, 0.3) is 16.7 Å². The molecule has 0 aliphatic rings. The van der Waals surface area contributed by atoms with Crippen LogP contribution in [0.4, 0.5) is 0 Å². The molecule has 0 atom stereocenters. The molecule has 0 radical (unpaired) electrons. The van der Waals surface area contributed by atoms with Crippen LogP contribution in [0.3, 0.4) is 0 Å². The van der Waals surface area contributed by atoms with Crippen molar-refractivity contribution in [3.63, 3.8) is 0 Å². The van der Waals surface area contributed by atoms with E-state index in [0.717, 1.165) is 18.2 Å². The fraction of sp³-hybridized carbons (Fsp3) is 0.167. The van der Waals surface area contributed by atoms with Gasteiger partial charge in [0.1, 0.15) is 0 Å². The fourth-order valence-electron chi connectivity index (χ4n) is 2.12. The molecule has 0 saturated heterocycles. The van der Waals surface area contributed by atoms with Crippen molar-refractivity contribution in [1.29, 1.82) is 0 Å². The van der Waals surface area contributed by atoms with Crippen LogP contribution < -0.4 is 0 Å². The van der Waals surface area contributed by atoms with Crippen molar-refractivity contribution in [3.8, 4) is 0 Å². The maximum absolute atomic E-state index is 10.9. The Labute approximate surface area is 139 Å². The summed E-state index contributed by atoms with van der Waals surface area (Å²) in [6.07, 6.45) is 3.11. The van der Waals surface area contributed by atoms with Crippen molar-refractivity contribution >= 4 is 34.6 Å². The maximum atomic E-state index is 10.9. The topological polar surface area (TPSA) is 112 Å². The normalized spacial score (nSPS) is 12.9. The lowest BCUT2D eigenvalue weighted by molar-refractivity contribution is -0.132. The SMILES string of the molecule is C/C(=C/C(=O)O)c1cc(/C(C)=C\C(=O)O)cc(/C(C)=C\C(=O)O)c1. The van der Waals surface area contributed by atoms with Gasteiger partial charge in [-0.1, -0.05) is 0 Å². The highest BCUT2D eigenvalue weighted by Gasteiger charge is 2.09. The number of hydrogen-bond donors (Lipinski definition) is 3. The second kappa shape index (κ2) is 7.92. The summed E-state index contributed by atoms with van der Waals surface area (Å²) in [4.78, 5) is 32.6. The van der Waals surface area contributed by atoms with Crippen LogP contribution in [0, 0.1) is 0 Å². The molecule has 0 aliphatic heterocycles. The lowest BCUT2D eigenvalue weighted by atomic mass is 9.94. The number of hydrogen-bond acceptors (Lipinski definition) is 3. The van der Waals surface area contributed by atoms with E-state index in [1.165, 1.54) is 0 Å². The van der Waals surface area contributed by atoms with E-state index < -0.39 is 17.9 Å². The first-order valence-electron chi connectivity index (χ1n) is 7.00. The van der Waals surface area contributed by atoms with E-state index in [9.17, 15) is 14.4 Å². The standard InChI is InChI=1S/C18H18O6/c1-10(4-16(19)20)13-7-14(11(2)5-17(21)22)9-15(8-13)12(3)6-18(23)24/h4-9H,1-3H3,(H,19,20)(H,21,22)(H,23,24)/b10-4-,11-5-,12-6-. The predicted molar refractivity (Wildman–Crippen MR) is 90.3 cm³/mol. The van der Waals surface area contributed by atoms with Gasteiger partial charge in [0.25, 0.3) is 0 Å². The molecule has 0 amide bonds. The van der Waals surface area contributed by atoms with Gasteiger partial charge in [-0.05, 0) is 72.4 Å². The molecular formula is C18H18O6. The number of aliphatic carboxylic acids is 3. The second-order valence-corrected chi connectivity index (χ2v) is 5.30. The highest BCUT2D eigenvalue weighted by Crippen LogP contribution is 2.26. The lowest BCUT2D eigenvalue weighted by Crippen LogP contribution is -1.96. The fourth-order valence-corrected chi connectivity index (χ4v) is 2.12. The third-order valence-corrected chi connectivity index (χ3v) is 3.32. The van der Waals surface area contributed by atoms with Crippen molar-refractivity contribution in [3.05, 3.63) is 53.1 Å². The third kappa shape index (κ3) is 5.57. The largest absolute Gasteiger partial charge is 0.478 e. The third-order valence-electron chi connectivity index (χ3n) is 3.32. The van der Waals surface area contributed by atoms with Gasteiger partial charge in [0.05, 0.1) is 0 Å². The Balaban J connectivity index is 3.59. The van der Waals surface area contributed by atoms with E-state index in [2.05, 4.69) is 0 Å². The van der Waals surface area contributed by atoms with Crippen molar-refractivity contribution in [2.75, 3.05) is 0 Å². The summed E-state index contributed by atoms with van der Waals surface area (Å²) in [5.74, 6) is -3.31. The van der Waals surface area contributed by atoms with Gasteiger partial charge in [0, 0.05) is 18.2 Å². The highest BCUT2D eigenvalue weighted by molar-refractivity contribution is 5.94. The van der Waals surface area contributed by atoms with Crippen molar-refractivity contribution in [2.24, 2.45) is 0 Å². The van der Waals surface area contributed by atoms with Gasteiger partial charge >= 0.3 is 17.9 Å². The molecule has 0 heterocycles. The van der Waals surface area contributed by atoms with E-state index in [0.29, 0.717) is 33.4 Å². The minimum atomic E-state index is -1.10. The molecule has 0 aromatic heterocycles. The van der Waals surface area contributed by atoms with Gasteiger partial charge in [0.2, 0.25) is 0 Å². The van der Waals surface area contributed by atoms with Gasteiger partial charge in [-0.3, -0.25) is 0 Å². The van der Waals surface area contributed by atoms with Crippen LogP contribution in [-0.2, 0) is 14.4 Å². The van der Waals surface area contributed by atoms with Crippen LogP contribution in [0.1, 0.15) is 37.5 Å². The van der Waals surface area contributed by atoms with E-state index >= 15 is 0 Å². The van der Waals surface area contributed by atoms with Crippen LogP contribution in [0.2, 0.25) is 0 Å². The zero-order valence-corrected chi connectivity index (χ0v) is 13.5. The smallest absolute Gasteiger partial charge is 0.328 e. The van der Waals surface area contributed by atoms with Crippen molar-refractivity contribution in [2.45, 2.75) is 20.8 Å². The minimum Gasteiger partial charge on any atom is -0.478 e. The number of rotatable bonds is 6.